The molecule has 0 aromatic heterocycles. The summed E-state index contributed by atoms with van der Waals surface area (Å²) in [6, 6.07) is 5.55. The van der Waals surface area contributed by atoms with Gasteiger partial charge in [0, 0.05) is 25.6 Å². The first kappa shape index (κ1) is 22.1. The van der Waals surface area contributed by atoms with Crippen LogP contribution >= 0.6 is 0 Å². The number of halogens is 1. The molecule has 1 heterocycles. The molecular formula is C17H25FN4O5S. The second-order valence-electron chi connectivity index (χ2n) is 7.47. The average molecular weight is 416 g/mol. The molecule has 1 aromatic rings. The molecule has 1 amide bonds. The summed E-state index contributed by atoms with van der Waals surface area (Å²) in [5, 5.41) is 9.99. The number of amides is 1. The van der Waals surface area contributed by atoms with Crippen molar-refractivity contribution in [1.29, 1.82) is 0 Å². The molecule has 0 fully saturated rings. The van der Waals surface area contributed by atoms with Gasteiger partial charge in [-0.05, 0) is 26.8 Å². The van der Waals surface area contributed by atoms with Gasteiger partial charge in [-0.25, -0.2) is 32.7 Å². The summed E-state index contributed by atoms with van der Waals surface area (Å²) in [5.41, 5.74) is -2.55. The second-order valence-corrected chi connectivity index (χ2v) is 9.47. The normalized spacial score (nSPS) is 21.8. The van der Waals surface area contributed by atoms with Gasteiger partial charge in [-0.15, -0.1) is 0 Å². The predicted molar refractivity (Wildman–Crippen MR) is 101 cm³/mol. The van der Waals surface area contributed by atoms with Gasteiger partial charge in [-0.2, -0.15) is 5.01 Å². The topological polar surface area (TPSA) is 126 Å². The van der Waals surface area contributed by atoms with Crippen molar-refractivity contribution in [1.82, 2.24) is 9.31 Å². The molecule has 2 rings (SSSR count). The SMILES string of the molecule is CN1C(N(N)C(=O)OC(C)(C)C)=NC(CCO)(c2ccccc2F)CS1(=O)=O. The number of ether oxygens (including phenoxy) is 1. The molecule has 0 spiro atoms. The monoisotopic (exact) mass is 416 g/mol. The number of guanidine groups is 1. The first-order chi connectivity index (χ1) is 12.8. The minimum absolute atomic E-state index is 0.0178. The van der Waals surface area contributed by atoms with E-state index in [-0.39, 0.29) is 12.0 Å². The van der Waals surface area contributed by atoms with Crippen LogP contribution in [-0.2, 0) is 20.3 Å². The fourth-order valence-corrected chi connectivity index (χ4v) is 4.38. The van der Waals surface area contributed by atoms with Crippen LogP contribution in [0.2, 0.25) is 0 Å². The van der Waals surface area contributed by atoms with Crippen LogP contribution in [-0.4, -0.2) is 59.9 Å². The Labute approximate surface area is 163 Å². The summed E-state index contributed by atoms with van der Waals surface area (Å²) in [4.78, 5) is 16.7. The maximum atomic E-state index is 14.5. The maximum absolute atomic E-state index is 14.5. The zero-order valence-electron chi connectivity index (χ0n) is 16.2. The molecule has 11 heteroatoms. The smallest absolute Gasteiger partial charge is 0.431 e. The van der Waals surface area contributed by atoms with Crippen LogP contribution in [0.5, 0.6) is 0 Å². The number of hydrogen-bond donors (Lipinski definition) is 2. The van der Waals surface area contributed by atoms with E-state index in [1.807, 2.05) is 0 Å². The molecule has 0 saturated heterocycles. The summed E-state index contributed by atoms with van der Waals surface area (Å²) in [7, 11) is -2.85. The second kappa shape index (κ2) is 7.64. The van der Waals surface area contributed by atoms with E-state index in [9.17, 15) is 22.7 Å². The Bertz CT molecular complexity index is 884. The molecule has 1 aliphatic rings. The number of sulfonamides is 1. The molecule has 9 nitrogen and oxygen atoms in total. The summed E-state index contributed by atoms with van der Waals surface area (Å²) in [6.45, 7) is 4.41. The van der Waals surface area contributed by atoms with Crippen LogP contribution in [0, 0.1) is 5.82 Å². The van der Waals surface area contributed by atoms with E-state index in [4.69, 9.17) is 10.6 Å². The quantitative estimate of drug-likeness (QED) is 0.432. The van der Waals surface area contributed by atoms with E-state index in [0.29, 0.717) is 5.01 Å². The number of aliphatic imine (C=N–C) groups is 1. The molecule has 0 radical (unpaired) electrons. The van der Waals surface area contributed by atoms with Crippen LogP contribution in [0.3, 0.4) is 0 Å². The summed E-state index contributed by atoms with van der Waals surface area (Å²) in [5.74, 6) is 4.10. The van der Waals surface area contributed by atoms with Gasteiger partial charge in [0.25, 0.3) is 0 Å². The summed E-state index contributed by atoms with van der Waals surface area (Å²) in [6.07, 6.45) is -1.21. The Hall–Kier alpha value is -2.24. The van der Waals surface area contributed by atoms with E-state index in [1.165, 1.54) is 31.3 Å². The van der Waals surface area contributed by atoms with Crippen molar-refractivity contribution in [3.8, 4) is 0 Å². The predicted octanol–water partition coefficient (Wildman–Crippen LogP) is 1.15. The molecule has 1 aliphatic heterocycles. The third kappa shape index (κ3) is 4.42. The molecule has 0 bridgehead atoms. The number of aliphatic hydroxyl groups excluding tert-OH is 1. The molecule has 0 aliphatic carbocycles. The van der Waals surface area contributed by atoms with Gasteiger partial charge >= 0.3 is 6.09 Å². The number of rotatable bonds is 3. The first-order valence-corrected chi connectivity index (χ1v) is 10.1. The highest BCUT2D eigenvalue weighted by Gasteiger charge is 2.47. The lowest BCUT2D eigenvalue weighted by atomic mass is 9.88. The van der Waals surface area contributed by atoms with Crippen molar-refractivity contribution in [2.24, 2.45) is 10.8 Å². The van der Waals surface area contributed by atoms with Crippen molar-refractivity contribution in [2.45, 2.75) is 38.3 Å². The van der Waals surface area contributed by atoms with Gasteiger partial charge in [-0.1, -0.05) is 18.2 Å². The third-order valence-electron chi connectivity index (χ3n) is 4.14. The largest absolute Gasteiger partial charge is 0.442 e. The molecule has 156 valence electrons. The van der Waals surface area contributed by atoms with Gasteiger partial charge < -0.3 is 9.84 Å². The van der Waals surface area contributed by atoms with E-state index in [0.717, 1.165) is 4.31 Å². The fraction of sp³-hybridized carbons (Fsp3) is 0.529. The standard InChI is InChI=1S/C17H25FN4O5S/c1-16(2,3)27-15(24)22(19)14-20-17(9-10-23,11-28(25,26)21(14)4)12-7-5-6-8-13(12)18/h5-8,23H,9-11,19H2,1-4H3. The number of benzene rings is 1. The van der Waals surface area contributed by atoms with Crippen LogP contribution < -0.4 is 5.84 Å². The number of nitrogens with zero attached hydrogens (tertiary/aromatic N) is 3. The molecule has 3 N–H and O–H groups in total. The van der Waals surface area contributed by atoms with Crippen molar-refractivity contribution in [2.75, 3.05) is 19.4 Å². The minimum Gasteiger partial charge on any atom is -0.442 e. The van der Waals surface area contributed by atoms with Crippen LogP contribution in [0.4, 0.5) is 9.18 Å². The van der Waals surface area contributed by atoms with Crippen LogP contribution in [0.15, 0.2) is 29.3 Å². The van der Waals surface area contributed by atoms with Crippen molar-refractivity contribution in [3.05, 3.63) is 35.6 Å². The highest BCUT2D eigenvalue weighted by atomic mass is 32.2. The van der Waals surface area contributed by atoms with Crippen molar-refractivity contribution >= 4 is 22.1 Å². The fourth-order valence-electron chi connectivity index (χ4n) is 2.84. The highest BCUT2D eigenvalue weighted by molar-refractivity contribution is 7.89. The van der Waals surface area contributed by atoms with E-state index < -0.39 is 51.4 Å². The number of carbonyl (C=O) groups excluding carboxylic acids is 1. The van der Waals surface area contributed by atoms with E-state index in [1.54, 1.807) is 20.8 Å². The van der Waals surface area contributed by atoms with Crippen molar-refractivity contribution in [3.63, 3.8) is 0 Å². The summed E-state index contributed by atoms with van der Waals surface area (Å²) < 4.78 is 46.0. The Balaban J connectivity index is 2.64. The highest BCUT2D eigenvalue weighted by Crippen LogP contribution is 2.37. The van der Waals surface area contributed by atoms with Crippen molar-refractivity contribution < 1.29 is 27.4 Å². The lowest BCUT2D eigenvalue weighted by Crippen LogP contribution is -2.58. The Morgan fingerprint density at radius 2 is 2.04 bits per heavy atom. The lowest BCUT2D eigenvalue weighted by Gasteiger charge is -2.39. The molecule has 1 unspecified atom stereocenters. The van der Waals surface area contributed by atoms with Gasteiger partial charge in [0.15, 0.2) is 0 Å². The molecule has 1 aromatic carbocycles. The molecule has 0 saturated carbocycles. The Morgan fingerprint density at radius 1 is 1.43 bits per heavy atom. The zero-order chi connectivity index (χ0) is 21.3. The molecule has 28 heavy (non-hydrogen) atoms. The number of aliphatic hydroxyl groups is 1. The van der Waals surface area contributed by atoms with Gasteiger partial charge in [0.05, 0.1) is 5.75 Å². The number of hydrogen-bond acceptors (Lipinski definition) is 7. The minimum atomic E-state index is -4.03. The Morgan fingerprint density at radius 3 is 2.57 bits per heavy atom. The molecule has 1 atom stereocenters. The number of nitrogens with two attached hydrogens (primary N) is 1. The Kier molecular flexibility index (Phi) is 6.02. The van der Waals surface area contributed by atoms with Gasteiger partial charge in [-0.3, -0.25) is 0 Å². The van der Waals surface area contributed by atoms with Gasteiger partial charge in [0.2, 0.25) is 16.0 Å². The van der Waals surface area contributed by atoms with E-state index >= 15 is 0 Å². The first-order valence-electron chi connectivity index (χ1n) is 8.53. The maximum Gasteiger partial charge on any atom is 0.431 e. The summed E-state index contributed by atoms with van der Waals surface area (Å²) >= 11 is 0. The van der Waals surface area contributed by atoms with Crippen LogP contribution in [0.25, 0.3) is 0 Å². The number of carbonyl (C=O) groups is 1. The lowest BCUT2D eigenvalue weighted by molar-refractivity contribution is 0.0354. The van der Waals surface area contributed by atoms with Crippen LogP contribution in [0.1, 0.15) is 32.8 Å². The average Bonchev–Trinajstić information content (AvgIpc) is 2.56. The molecular weight excluding hydrogens is 391 g/mol. The zero-order valence-corrected chi connectivity index (χ0v) is 17.0. The van der Waals surface area contributed by atoms with Gasteiger partial charge in [0.1, 0.15) is 17.0 Å². The van der Waals surface area contributed by atoms with E-state index in [2.05, 4.69) is 4.99 Å². The number of hydrazine groups is 1. The third-order valence-corrected chi connectivity index (χ3v) is 5.98.